The van der Waals surface area contributed by atoms with Gasteiger partial charge in [-0.3, -0.25) is 0 Å². The van der Waals surface area contributed by atoms with E-state index in [-0.39, 0.29) is 78.8 Å². The van der Waals surface area contributed by atoms with Crippen LogP contribution < -0.4 is 51.4 Å². The van der Waals surface area contributed by atoms with Crippen LogP contribution in [0.2, 0.25) is 0 Å². The molecule has 0 saturated heterocycles. The molecular formula is C19H28ClKN2O6S4. The Labute approximate surface area is 263 Å². The van der Waals surface area contributed by atoms with Gasteiger partial charge in [-0.2, -0.15) is 0 Å². The predicted octanol–water partition coefficient (Wildman–Crippen LogP) is 0.981. The van der Waals surface area contributed by atoms with Crippen molar-refractivity contribution in [3.8, 4) is 0 Å². The summed E-state index contributed by atoms with van der Waals surface area (Å²) in [5.41, 5.74) is -1.51. The minimum absolute atomic E-state index is 0. The number of alkyl halides is 1. The average molecular weight is 583 g/mol. The summed E-state index contributed by atoms with van der Waals surface area (Å²) < 4.78 is 20.2. The van der Waals surface area contributed by atoms with E-state index in [1.165, 1.54) is 11.8 Å². The first-order valence-corrected chi connectivity index (χ1v) is 12.2. The largest absolute Gasteiger partial charge is 1.00 e. The van der Waals surface area contributed by atoms with Crippen LogP contribution in [0.5, 0.6) is 0 Å². The number of aliphatic imine (C=N–C) groups is 2. The monoisotopic (exact) mass is 582 g/mol. The van der Waals surface area contributed by atoms with Crippen LogP contribution in [0.25, 0.3) is 0 Å². The van der Waals surface area contributed by atoms with Crippen molar-refractivity contribution in [3.05, 3.63) is 0 Å². The number of carbonyl (C=O) groups is 2. The van der Waals surface area contributed by atoms with Crippen molar-refractivity contribution >= 4 is 92.9 Å². The number of carbonyl (C=O) groups excluding carboxylic acids is 2. The van der Waals surface area contributed by atoms with Gasteiger partial charge in [-0.1, -0.05) is 11.8 Å². The van der Waals surface area contributed by atoms with Gasteiger partial charge >= 0.3 is 63.3 Å². The molecule has 0 aromatic heterocycles. The van der Waals surface area contributed by atoms with Gasteiger partial charge in [-0.05, 0) is 60.7 Å². The number of hydrogen-bond donors (Lipinski definition) is 0. The standard InChI is InChI=1S/C10H15NO3S2.C6H8ClNO2.C3H6OS2.K/c1-5-13-9(15)16-6(2)7-11-10(3,4)8(12)14-7;1-6(2)5(9)10-4(3-7)8-6;1-2-4-3(5)6;/h6H,5H2,1-4H3;3H2,1-2H3;2H2,1H3,(H,5,6);/q;;;+1/p-1. The Bertz CT molecular complexity index is 777. The van der Waals surface area contributed by atoms with Crippen molar-refractivity contribution in [1.29, 1.82) is 0 Å². The molecule has 0 spiro atoms. The summed E-state index contributed by atoms with van der Waals surface area (Å²) in [5, 5.41) is -0.107. The zero-order valence-corrected chi connectivity index (χ0v) is 27.2. The fourth-order valence-corrected chi connectivity index (χ4v) is 3.45. The number of nitrogens with zero attached hydrogens (tertiary/aromatic N) is 2. The Kier molecular flexibility index (Phi) is 18.5. The van der Waals surface area contributed by atoms with Crippen LogP contribution in [-0.4, -0.2) is 67.9 Å². The topological polar surface area (TPSA) is 95.8 Å². The van der Waals surface area contributed by atoms with Crippen LogP contribution in [0, 0.1) is 0 Å². The van der Waals surface area contributed by atoms with Crippen molar-refractivity contribution < 1.29 is 79.9 Å². The number of hydrogen-bond acceptors (Lipinski definition) is 12. The molecule has 0 bridgehead atoms. The summed E-state index contributed by atoms with van der Waals surface area (Å²) in [4.78, 5) is 30.4. The molecule has 2 aliphatic rings. The van der Waals surface area contributed by atoms with E-state index in [1.807, 2.05) is 20.8 Å². The van der Waals surface area contributed by atoms with Crippen molar-refractivity contribution in [2.75, 3.05) is 19.1 Å². The minimum atomic E-state index is -0.780. The van der Waals surface area contributed by atoms with E-state index in [1.54, 1.807) is 27.7 Å². The van der Waals surface area contributed by atoms with Crippen LogP contribution in [0.3, 0.4) is 0 Å². The molecule has 0 fully saturated rings. The minimum Gasteiger partial charge on any atom is -0.514 e. The van der Waals surface area contributed by atoms with Crippen molar-refractivity contribution in [1.82, 2.24) is 0 Å². The molecule has 33 heavy (non-hydrogen) atoms. The van der Waals surface area contributed by atoms with Crippen LogP contribution in [0.1, 0.15) is 48.5 Å². The number of thiocarbonyl (C=S) groups is 2. The van der Waals surface area contributed by atoms with Gasteiger partial charge in [0.2, 0.25) is 16.2 Å². The zero-order valence-electron chi connectivity index (χ0n) is 20.1. The summed E-state index contributed by atoms with van der Waals surface area (Å²) >= 11 is 20.5. The molecular weight excluding hydrogens is 555 g/mol. The molecule has 0 saturated carbocycles. The number of thioether (sulfide) groups is 1. The summed E-state index contributed by atoms with van der Waals surface area (Å²) in [7, 11) is 0. The number of cyclic esters (lactones) is 2. The molecule has 0 radical (unpaired) electrons. The summed E-state index contributed by atoms with van der Waals surface area (Å²) in [6.07, 6.45) is 0. The average Bonchev–Trinajstić information content (AvgIpc) is 3.10. The van der Waals surface area contributed by atoms with Crippen molar-refractivity contribution in [2.24, 2.45) is 9.98 Å². The fraction of sp³-hybridized carbons (Fsp3) is 0.684. The summed E-state index contributed by atoms with van der Waals surface area (Å²) in [6, 6.07) is 0. The molecule has 0 N–H and O–H groups in total. The van der Waals surface area contributed by atoms with Gasteiger partial charge in [0.1, 0.15) is 0 Å². The van der Waals surface area contributed by atoms with E-state index in [0.717, 1.165) is 0 Å². The predicted molar refractivity (Wildman–Crippen MR) is 139 cm³/mol. The number of ether oxygens (including phenoxy) is 4. The molecule has 2 heterocycles. The molecule has 182 valence electrons. The van der Waals surface area contributed by atoms with Gasteiger partial charge < -0.3 is 43.8 Å². The first-order valence-electron chi connectivity index (χ1n) is 9.56. The first-order chi connectivity index (χ1) is 14.7. The number of halogens is 1. The van der Waals surface area contributed by atoms with Crippen LogP contribution in [-0.2, 0) is 41.2 Å². The molecule has 2 aliphatic heterocycles. The van der Waals surface area contributed by atoms with Gasteiger partial charge in [0, 0.05) is 4.38 Å². The van der Waals surface area contributed by atoms with E-state index in [0.29, 0.717) is 29.4 Å². The first kappa shape index (κ1) is 35.7. The third kappa shape index (κ3) is 14.0. The Hall–Kier alpha value is 0.556. The molecule has 0 amide bonds. The number of esters is 2. The van der Waals surface area contributed by atoms with Crippen LogP contribution >= 0.6 is 47.8 Å². The zero-order chi connectivity index (χ0) is 25.1. The molecule has 1 unspecified atom stereocenters. The SMILES string of the molecule is CC1(C)N=C(CCl)OC1=O.CCOC(=S)SC(C)C1=NC(C)(C)C(=O)O1.CCOC(=S)[S-].[K+]. The van der Waals surface area contributed by atoms with Crippen LogP contribution in [0.15, 0.2) is 9.98 Å². The third-order valence-corrected chi connectivity index (χ3v) is 5.20. The van der Waals surface area contributed by atoms with E-state index < -0.39 is 11.1 Å². The van der Waals surface area contributed by atoms with Gasteiger partial charge in [-0.15, -0.1) is 11.6 Å². The second-order valence-corrected chi connectivity index (χ2v) is 10.3. The Morgan fingerprint density at radius 3 is 1.82 bits per heavy atom. The maximum Gasteiger partial charge on any atom is 1.00 e. The second-order valence-electron chi connectivity index (χ2n) is 7.11. The van der Waals surface area contributed by atoms with E-state index in [2.05, 4.69) is 39.6 Å². The van der Waals surface area contributed by atoms with Gasteiger partial charge in [0.25, 0.3) is 0 Å². The fourth-order valence-electron chi connectivity index (χ4n) is 1.87. The van der Waals surface area contributed by atoms with Crippen LogP contribution in [0.4, 0.5) is 0 Å². The summed E-state index contributed by atoms with van der Waals surface area (Å²) in [6.45, 7) is 13.5. The molecule has 0 aromatic rings. The van der Waals surface area contributed by atoms with E-state index >= 15 is 0 Å². The quantitative estimate of drug-likeness (QED) is 0.153. The Morgan fingerprint density at radius 1 is 1.06 bits per heavy atom. The maximum atomic E-state index is 11.4. The molecule has 0 aliphatic carbocycles. The van der Waals surface area contributed by atoms with Gasteiger partial charge in [-0.25, -0.2) is 19.6 Å². The summed E-state index contributed by atoms with van der Waals surface area (Å²) in [5.74, 6) is 0.244. The van der Waals surface area contributed by atoms with E-state index in [4.69, 9.17) is 38.0 Å². The molecule has 8 nitrogen and oxygen atoms in total. The second kappa shape index (κ2) is 17.1. The molecule has 1 atom stereocenters. The van der Waals surface area contributed by atoms with Crippen molar-refractivity contribution in [2.45, 2.75) is 64.8 Å². The smallest absolute Gasteiger partial charge is 0.514 e. The van der Waals surface area contributed by atoms with Gasteiger partial charge in [0.05, 0.1) is 24.3 Å². The molecule has 2 rings (SSSR count). The molecule has 0 aromatic carbocycles. The Morgan fingerprint density at radius 2 is 1.55 bits per heavy atom. The van der Waals surface area contributed by atoms with Crippen molar-refractivity contribution in [3.63, 3.8) is 0 Å². The molecule has 14 heteroatoms. The Balaban J connectivity index is 0. The normalized spacial score (nSPS) is 17.8. The third-order valence-electron chi connectivity index (χ3n) is 3.46. The maximum absolute atomic E-state index is 11.4. The van der Waals surface area contributed by atoms with Gasteiger partial charge in [0.15, 0.2) is 11.1 Å². The number of rotatable bonds is 5. The van der Waals surface area contributed by atoms with E-state index in [9.17, 15) is 9.59 Å².